The smallest absolute Gasteiger partial charge is 0.309 e. The molecule has 0 heterocycles. The van der Waals surface area contributed by atoms with Gasteiger partial charge in [-0.25, -0.2) is 0 Å². The first-order chi connectivity index (χ1) is 16.6. The Kier molecular flexibility index (Phi) is 5.99. The molecule has 0 aromatic carbocycles. The first-order valence-corrected chi connectivity index (χ1v) is 14.9. The molecule has 5 aliphatic rings. The van der Waals surface area contributed by atoms with Gasteiger partial charge in [0, 0.05) is 6.04 Å². The molecule has 0 spiro atoms. The average Bonchev–Trinajstić information content (AvgIpc) is 2.80. The summed E-state index contributed by atoms with van der Waals surface area (Å²) in [6.45, 7) is 17.2. The van der Waals surface area contributed by atoms with E-state index in [4.69, 9.17) is 5.73 Å². The van der Waals surface area contributed by atoms with E-state index in [0.29, 0.717) is 23.7 Å². The van der Waals surface area contributed by atoms with Crippen LogP contribution in [0, 0.1) is 56.2 Å². The predicted molar refractivity (Wildman–Crippen MR) is 145 cm³/mol. The van der Waals surface area contributed by atoms with Gasteiger partial charge in [0.15, 0.2) is 0 Å². The van der Waals surface area contributed by atoms with Crippen molar-refractivity contribution >= 4 is 5.97 Å². The van der Waals surface area contributed by atoms with Gasteiger partial charge in [-0.15, -0.1) is 0 Å². The summed E-state index contributed by atoms with van der Waals surface area (Å²) < 4.78 is 0. The van der Waals surface area contributed by atoms with Crippen LogP contribution in [-0.2, 0) is 4.79 Å². The maximum atomic E-state index is 12.3. The van der Waals surface area contributed by atoms with Crippen LogP contribution in [0.5, 0.6) is 0 Å². The van der Waals surface area contributed by atoms with Gasteiger partial charge in [0.1, 0.15) is 0 Å². The molecule has 0 radical (unpaired) electrons. The summed E-state index contributed by atoms with van der Waals surface area (Å²) in [5.41, 5.74) is 8.52. The second-order valence-electron chi connectivity index (χ2n) is 15.9. The van der Waals surface area contributed by atoms with Gasteiger partial charge in [0.05, 0.1) is 12.0 Å². The Morgan fingerprint density at radius 1 is 0.972 bits per heavy atom. The lowest BCUT2D eigenvalue weighted by Gasteiger charge is -2.71. The first kappa shape index (κ1) is 26.7. The van der Waals surface area contributed by atoms with Crippen LogP contribution in [-0.4, -0.2) is 28.8 Å². The third-order valence-electron chi connectivity index (χ3n) is 14.2. The van der Waals surface area contributed by atoms with E-state index < -0.39 is 11.4 Å². The normalized spacial score (nSPS) is 52.6. The number of fused-ring (bicyclic) bond motifs is 7. The summed E-state index contributed by atoms with van der Waals surface area (Å²) in [5.74, 6) is 1.43. The maximum Gasteiger partial charge on any atom is 0.309 e. The fourth-order valence-corrected chi connectivity index (χ4v) is 11.5. The van der Waals surface area contributed by atoms with Gasteiger partial charge in [0.25, 0.3) is 0 Å². The van der Waals surface area contributed by atoms with Crippen LogP contribution in [0.2, 0.25) is 0 Å². The molecule has 4 fully saturated rings. The van der Waals surface area contributed by atoms with E-state index in [1.807, 2.05) is 6.92 Å². The van der Waals surface area contributed by atoms with Crippen molar-refractivity contribution in [3.05, 3.63) is 11.6 Å². The second kappa shape index (κ2) is 8.07. The van der Waals surface area contributed by atoms with Crippen LogP contribution >= 0.6 is 0 Å². The number of carbonyl (C=O) groups is 1. The molecule has 0 aromatic rings. The third kappa shape index (κ3) is 3.28. The molecule has 4 nitrogen and oxygen atoms in total. The van der Waals surface area contributed by atoms with Gasteiger partial charge in [-0.05, 0) is 122 Å². The molecule has 4 N–H and O–H groups in total. The molecule has 0 aliphatic heterocycles. The molecule has 36 heavy (non-hydrogen) atoms. The van der Waals surface area contributed by atoms with Gasteiger partial charge in [-0.2, -0.15) is 0 Å². The zero-order chi connectivity index (χ0) is 26.5. The van der Waals surface area contributed by atoms with Crippen LogP contribution in [0.25, 0.3) is 0 Å². The van der Waals surface area contributed by atoms with Crippen molar-refractivity contribution in [2.75, 3.05) is 6.61 Å². The van der Waals surface area contributed by atoms with Gasteiger partial charge >= 0.3 is 5.97 Å². The van der Waals surface area contributed by atoms with Crippen molar-refractivity contribution in [3.63, 3.8) is 0 Å². The SMILES string of the molecule is CC1(C(=O)O)CC[C@]2(C)CC[C@]3(C)C(=CC[C@@H]4[C@@]5(C)CCC(C(N)CO)C(C)(C)C5CC[C@]43C)[C@@H]2C1. The Hall–Kier alpha value is -0.870. The fraction of sp³-hybridized carbons (Fsp3) is 0.906. The molecular weight excluding hydrogens is 446 g/mol. The highest BCUT2D eigenvalue weighted by Crippen LogP contribution is 2.76. The topological polar surface area (TPSA) is 83.5 Å². The summed E-state index contributed by atoms with van der Waals surface area (Å²) in [5, 5.41) is 20.0. The van der Waals surface area contributed by atoms with E-state index in [1.165, 1.54) is 32.1 Å². The highest BCUT2D eigenvalue weighted by atomic mass is 16.4. The highest BCUT2D eigenvalue weighted by molar-refractivity contribution is 5.74. The number of hydrogen-bond donors (Lipinski definition) is 3. The van der Waals surface area contributed by atoms with E-state index >= 15 is 0 Å². The van der Waals surface area contributed by atoms with Crippen LogP contribution in [0.1, 0.15) is 113 Å². The third-order valence-corrected chi connectivity index (χ3v) is 14.2. The Morgan fingerprint density at radius 2 is 1.64 bits per heavy atom. The van der Waals surface area contributed by atoms with Gasteiger partial charge in [0.2, 0.25) is 0 Å². The molecule has 0 bridgehead atoms. The Balaban J connectivity index is 1.54. The van der Waals surface area contributed by atoms with Crippen LogP contribution in [0.15, 0.2) is 11.6 Å². The number of allylic oxidation sites excluding steroid dienone is 2. The summed E-state index contributed by atoms with van der Waals surface area (Å²) in [6, 6.07) is -0.126. The van der Waals surface area contributed by atoms with Crippen molar-refractivity contribution in [1.82, 2.24) is 0 Å². The van der Waals surface area contributed by atoms with E-state index in [9.17, 15) is 15.0 Å². The van der Waals surface area contributed by atoms with Crippen molar-refractivity contribution < 1.29 is 15.0 Å². The molecule has 0 saturated heterocycles. The minimum Gasteiger partial charge on any atom is -0.481 e. The number of carboxylic acid groups (broad SMARTS) is 1. The van der Waals surface area contributed by atoms with E-state index in [-0.39, 0.29) is 39.7 Å². The Morgan fingerprint density at radius 3 is 2.28 bits per heavy atom. The van der Waals surface area contributed by atoms with E-state index in [1.54, 1.807) is 5.57 Å². The van der Waals surface area contributed by atoms with Crippen LogP contribution in [0.3, 0.4) is 0 Å². The van der Waals surface area contributed by atoms with Crippen molar-refractivity contribution in [2.24, 2.45) is 61.9 Å². The number of rotatable bonds is 3. The van der Waals surface area contributed by atoms with Crippen LogP contribution in [0.4, 0.5) is 0 Å². The molecule has 204 valence electrons. The highest BCUT2D eigenvalue weighted by Gasteiger charge is 2.68. The summed E-state index contributed by atoms with van der Waals surface area (Å²) in [4.78, 5) is 12.3. The standard InChI is InChI=1S/C32H53NO3/c1-27(2)21(23(33)19-34)10-12-30(5)24(27)11-13-32(7)25(30)9-8-20-22-18-29(4,26(35)36)15-14-28(22,3)16-17-31(20,32)6/h8,21-25,34H,9-19,33H2,1-7H3,(H,35,36)/t21?,22-,23?,24?,25+,28+,29?,30-,31+,32+/m0/s1. The number of carboxylic acids is 1. The Labute approximate surface area is 219 Å². The van der Waals surface area contributed by atoms with E-state index in [0.717, 1.165) is 32.1 Å². The lowest BCUT2D eigenvalue weighted by molar-refractivity contribution is -0.195. The second-order valence-corrected chi connectivity index (χ2v) is 15.9. The number of hydrogen-bond acceptors (Lipinski definition) is 3. The lowest BCUT2D eigenvalue weighted by Crippen LogP contribution is -2.65. The minimum absolute atomic E-state index is 0.0816. The van der Waals surface area contributed by atoms with Gasteiger partial charge < -0.3 is 15.9 Å². The molecule has 0 aromatic heterocycles. The molecule has 5 rings (SSSR count). The first-order valence-electron chi connectivity index (χ1n) is 14.9. The quantitative estimate of drug-likeness (QED) is 0.373. The molecule has 4 heteroatoms. The molecule has 0 amide bonds. The lowest BCUT2D eigenvalue weighted by atomic mass is 9.33. The largest absolute Gasteiger partial charge is 0.481 e. The summed E-state index contributed by atoms with van der Waals surface area (Å²) >= 11 is 0. The predicted octanol–water partition coefficient (Wildman–Crippen LogP) is 6.81. The molecular formula is C32H53NO3. The average molecular weight is 500 g/mol. The molecule has 5 aliphatic carbocycles. The van der Waals surface area contributed by atoms with E-state index in [2.05, 4.69) is 47.6 Å². The zero-order valence-electron chi connectivity index (χ0n) is 24.1. The zero-order valence-corrected chi connectivity index (χ0v) is 24.1. The van der Waals surface area contributed by atoms with Gasteiger partial charge in [-0.1, -0.05) is 53.2 Å². The Bertz CT molecular complexity index is 957. The number of aliphatic hydroxyl groups is 1. The van der Waals surface area contributed by atoms with Crippen molar-refractivity contribution in [1.29, 1.82) is 0 Å². The summed E-state index contributed by atoms with van der Waals surface area (Å²) in [7, 11) is 0. The fourth-order valence-electron chi connectivity index (χ4n) is 11.5. The number of nitrogens with two attached hydrogens (primary N) is 1. The minimum atomic E-state index is -0.606. The molecule has 4 saturated carbocycles. The maximum absolute atomic E-state index is 12.3. The molecule has 10 atom stereocenters. The molecule has 4 unspecified atom stereocenters. The monoisotopic (exact) mass is 499 g/mol. The van der Waals surface area contributed by atoms with Crippen molar-refractivity contribution in [2.45, 2.75) is 119 Å². The van der Waals surface area contributed by atoms with Crippen molar-refractivity contribution in [3.8, 4) is 0 Å². The number of aliphatic hydroxyl groups excluding tert-OH is 1. The van der Waals surface area contributed by atoms with Gasteiger partial charge in [-0.3, -0.25) is 4.79 Å². The summed E-state index contributed by atoms with van der Waals surface area (Å²) in [6.07, 6.45) is 13.7. The number of aliphatic carboxylic acids is 1. The van der Waals surface area contributed by atoms with Crippen LogP contribution < -0.4 is 5.73 Å².